The molecule has 3 aromatic carbocycles. The number of benzene rings is 3. The number of nitrogens with zero attached hydrogens (tertiary/aromatic N) is 2. The molecule has 0 bridgehead atoms. The smallest absolute Gasteiger partial charge is 0.266 e. The highest BCUT2D eigenvalue weighted by Gasteiger charge is 2.18. The van der Waals surface area contributed by atoms with E-state index in [4.69, 9.17) is 14.5 Å². The van der Waals surface area contributed by atoms with Crippen LogP contribution in [0.25, 0.3) is 16.6 Å². The van der Waals surface area contributed by atoms with E-state index in [9.17, 15) is 9.59 Å². The Balaban J connectivity index is 1.73. The summed E-state index contributed by atoms with van der Waals surface area (Å²) in [5, 5.41) is 0.985. The van der Waals surface area contributed by atoms with Gasteiger partial charge in [-0.05, 0) is 43.3 Å². The second kappa shape index (κ2) is 9.28. The summed E-state index contributed by atoms with van der Waals surface area (Å²) in [4.78, 5) is 31.0. The van der Waals surface area contributed by atoms with Crippen LogP contribution in [0.15, 0.2) is 76.7 Å². The van der Waals surface area contributed by atoms with E-state index in [2.05, 4.69) is 0 Å². The summed E-state index contributed by atoms with van der Waals surface area (Å²) in [6, 6.07) is 19.9. The second-order valence-corrected chi connectivity index (χ2v) is 8.11. The average molecular weight is 447 g/mol. The number of ketones is 1. The molecular formula is C25H22N2O4S. The highest BCUT2D eigenvalue weighted by Crippen LogP contribution is 2.28. The standard InChI is InChI=1S/C25H22N2O4S/c1-16-8-10-17(11-9-16)27-24(29)19-6-4-5-7-21(19)26-25(27)32-15-22(28)20-13-12-18(30-2)14-23(20)31-3/h4-14H,15H2,1-3H3. The van der Waals surface area contributed by atoms with E-state index in [1.165, 1.54) is 18.9 Å². The van der Waals surface area contributed by atoms with Crippen molar-refractivity contribution in [2.75, 3.05) is 20.0 Å². The monoisotopic (exact) mass is 446 g/mol. The van der Waals surface area contributed by atoms with Crippen molar-refractivity contribution < 1.29 is 14.3 Å². The number of rotatable bonds is 7. The first kappa shape index (κ1) is 21.6. The Labute approximate surface area is 189 Å². The van der Waals surface area contributed by atoms with Gasteiger partial charge in [-0.25, -0.2) is 4.98 Å². The Kier molecular flexibility index (Phi) is 6.28. The molecule has 0 radical (unpaired) electrons. The molecule has 4 aromatic rings. The number of carbonyl (C=O) groups excluding carboxylic acids is 1. The first-order valence-corrected chi connectivity index (χ1v) is 11.0. The number of fused-ring (bicyclic) bond motifs is 1. The Morgan fingerprint density at radius 3 is 2.47 bits per heavy atom. The van der Waals surface area contributed by atoms with Crippen LogP contribution in [0.5, 0.6) is 11.5 Å². The van der Waals surface area contributed by atoms with Gasteiger partial charge in [-0.2, -0.15) is 0 Å². The van der Waals surface area contributed by atoms with Gasteiger partial charge in [-0.1, -0.05) is 41.6 Å². The van der Waals surface area contributed by atoms with E-state index >= 15 is 0 Å². The molecule has 32 heavy (non-hydrogen) atoms. The number of Topliss-reactive ketones (excluding diaryl/α,β-unsaturated/α-hetero) is 1. The summed E-state index contributed by atoms with van der Waals surface area (Å²) in [7, 11) is 3.07. The third-order valence-corrected chi connectivity index (χ3v) is 6.02. The summed E-state index contributed by atoms with van der Waals surface area (Å²) in [5.41, 5.74) is 2.67. The minimum atomic E-state index is -0.170. The molecule has 0 amide bonds. The third kappa shape index (κ3) is 4.24. The lowest BCUT2D eigenvalue weighted by molar-refractivity contribution is 0.101. The first-order chi connectivity index (χ1) is 15.5. The number of thioether (sulfide) groups is 1. The molecule has 0 aliphatic carbocycles. The van der Waals surface area contributed by atoms with Crippen LogP contribution in [-0.4, -0.2) is 35.3 Å². The molecule has 1 aromatic heterocycles. The predicted octanol–water partition coefficient (Wildman–Crippen LogP) is 4.69. The lowest BCUT2D eigenvalue weighted by Gasteiger charge is -2.14. The summed E-state index contributed by atoms with van der Waals surface area (Å²) in [5.74, 6) is 1.01. The van der Waals surface area contributed by atoms with Crippen LogP contribution < -0.4 is 15.0 Å². The van der Waals surface area contributed by atoms with Crippen LogP contribution >= 0.6 is 11.8 Å². The van der Waals surface area contributed by atoms with Crippen molar-refractivity contribution in [2.45, 2.75) is 12.1 Å². The molecule has 0 atom stereocenters. The van der Waals surface area contributed by atoms with Crippen LogP contribution in [0.1, 0.15) is 15.9 Å². The van der Waals surface area contributed by atoms with E-state index in [0.717, 1.165) is 5.56 Å². The Hall–Kier alpha value is -3.58. The highest BCUT2D eigenvalue weighted by molar-refractivity contribution is 7.99. The van der Waals surface area contributed by atoms with E-state index in [0.29, 0.717) is 38.8 Å². The fourth-order valence-electron chi connectivity index (χ4n) is 3.37. The molecule has 0 fully saturated rings. The molecule has 1 heterocycles. The number of hydrogen-bond acceptors (Lipinski definition) is 6. The van der Waals surface area contributed by atoms with Gasteiger partial charge < -0.3 is 9.47 Å². The minimum absolute atomic E-state index is 0.0966. The van der Waals surface area contributed by atoms with Gasteiger partial charge in [0.25, 0.3) is 5.56 Å². The van der Waals surface area contributed by atoms with Crippen LogP contribution in [0.2, 0.25) is 0 Å². The van der Waals surface area contributed by atoms with Crippen molar-refractivity contribution in [3.8, 4) is 17.2 Å². The fraction of sp³-hybridized carbons (Fsp3) is 0.160. The van der Waals surface area contributed by atoms with Gasteiger partial charge in [0.05, 0.1) is 42.1 Å². The molecule has 0 N–H and O–H groups in total. The molecule has 0 aliphatic rings. The molecule has 0 saturated heterocycles. The zero-order valence-corrected chi connectivity index (χ0v) is 18.8. The van der Waals surface area contributed by atoms with Crippen LogP contribution in [0, 0.1) is 6.92 Å². The average Bonchev–Trinajstić information content (AvgIpc) is 2.83. The lowest BCUT2D eigenvalue weighted by Crippen LogP contribution is -2.22. The van der Waals surface area contributed by atoms with Gasteiger partial charge in [0.2, 0.25) is 0 Å². The molecule has 7 heteroatoms. The van der Waals surface area contributed by atoms with Crippen molar-refractivity contribution in [1.29, 1.82) is 0 Å². The van der Waals surface area contributed by atoms with Crippen molar-refractivity contribution in [3.05, 3.63) is 88.2 Å². The first-order valence-electron chi connectivity index (χ1n) is 9.98. The zero-order valence-electron chi connectivity index (χ0n) is 18.0. The molecule has 0 spiro atoms. The number of hydrogen-bond donors (Lipinski definition) is 0. The predicted molar refractivity (Wildman–Crippen MR) is 127 cm³/mol. The Bertz CT molecular complexity index is 1350. The number of aromatic nitrogens is 2. The second-order valence-electron chi connectivity index (χ2n) is 7.17. The topological polar surface area (TPSA) is 70.4 Å². The molecule has 6 nitrogen and oxygen atoms in total. The number of para-hydroxylation sites is 1. The molecule has 162 valence electrons. The number of methoxy groups -OCH3 is 2. The van der Waals surface area contributed by atoms with E-state index in [1.54, 1.807) is 42.0 Å². The summed E-state index contributed by atoms with van der Waals surface area (Å²) in [6.45, 7) is 1.99. The maximum atomic E-state index is 13.3. The van der Waals surface area contributed by atoms with E-state index in [-0.39, 0.29) is 17.1 Å². The van der Waals surface area contributed by atoms with Crippen molar-refractivity contribution >= 4 is 28.4 Å². The molecule has 4 rings (SSSR count). The van der Waals surface area contributed by atoms with Gasteiger partial charge in [0, 0.05) is 6.07 Å². The normalized spacial score (nSPS) is 10.8. The van der Waals surface area contributed by atoms with Gasteiger partial charge in [-0.3, -0.25) is 14.2 Å². The molecular weight excluding hydrogens is 424 g/mol. The molecule has 0 saturated carbocycles. The van der Waals surface area contributed by atoms with E-state index < -0.39 is 0 Å². The van der Waals surface area contributed by atoms with Crippen LogP contribution in [0.4, 0.5) is 0 Å². The van der Waals surface area contributed by atoms with Crippen molar-refractivity contribution in [1.82, 2.24) is 9.55 Å². The number of ether oxygens (including phenoxy) is 2. The lowest BCUT2D eigenvalue weighted by atomic mass is 10.1. The largest absolute Gasteiger partial charge is 0.497 e. The summed E-state index contributed by atoms with van der Waals surface area (Å²) < 4.78 is 12.1. The summed E-state index contributed by atoms with van der Waals surface area (Å²) >= 11 is 1.22. The fourth-order valence-corrected chi connectivity index (χ4v) is 4.26. The molecule has 0 unspecified atom stereocenters. The van der Waals surface area contributed by atoms with E-state index in [1.807, 2.05) is 43.3 Å². The van der Waals surface area contributed by atoms with Crippen LogP contribution in [-0.2, 0) is 0 Å². The maximum Gasteiger partial charge on any atom is 0.266 e. The zero-order chi connectivity index (χ0) is 22.7. The van der Waals surface area contributed by atoms with Gasteiger partial charge in [-0.15, -0.1) is 0 Å². The third-order valence-electron chi connectivity index (χ3n) is 5.08. The summed E-state index contributed by atoms with van der Waals surface area (Å²) in [6.07, 6.45) is 0. The Morgan fingerprint density at radius 1 is 1.00 bits per heavy atom. The van der Waals surface area contributed by atoms with Gasteiger partial charge in [0.1, 0.15) is 11.5 Å². The number of carbonyl (C=O) groups is 1. The highest BCUT2D eigenvalue weighted by atomic mass is 32.2. The van der Waals surface area contributed by atoms with Crippen molar-refractivity contribution in [2.24, 2.45) is 0 Å². The SMILES string of the molecule is COc1ccc(C(=O)CSc2nc3ccccc3c(=O)n2-c2ccc(C)cc2)c(OC)c1. The van der Waals surface area contributed by atoms with Gasteiger partial charge in [0.15, 0.2) is 10.9 Å². The molecule has 0 aliphatic heterocycles. The van der Waals surface area contributed by atoms with Crippen molar-refractivity contribution in [3.63, 3.8) is 0 Å². The quantitative estimate of drug-likeness (QED) is 0.233. The minimum Gasteiger partial charge on any atom is -0.497 e. The maximum absolute atomic E-state index is 13.3. The Morgan fingerprint density at radius 2 is 1.75 bits per heavy atom. The van der Waals surface area contributed by atoms with Crippen LogP contribution in [0.3, 0.4) is 0 Å². The number of aryl methyl sites for hydroxylation is 1. The van der Waals surface area contributed by atoms with Gasteiger partial charge >= 0.3 is 0 Å².